The number of amides is 2. The molecular weight excluding hydrogens is 246 g/mol. The highest BCUT2D eigenvalue weighted by Crippen LogP contribution is 2.19. The normalized spacial score (nSPS) is 18.4. The van der Waals surface area contributed by atoms with Gasteiger partial charge in [0.05, 0.1) is 0 Å². The van der Waals surface area contributed by atoms with Crippen molar-refractivity contribution in [2.45, 2.75) is 25.4 Å². The highest BCUT2D eigenvalue weighted by Gasteiger charge is 2.35. The second-order valence-corrected chi connectivity index (χ2v) is 4.68. The summed E-state index contributed by atoms with van der Waals surface area (Å²) in [4.78, 5) is 30.2. The average Bonchev–Trinajstić information content (AvgIpc) is 2.88. The summed E-state index contributed by atoms with van der Waals surface area (Å²) in [5.74, 6) is -0.928. The zero-order chi connectivity index (χ0) is 13.8. The maximum absolute atomic E-state index is 12.2. The Hall–Kier alpha value is -2.11. The maximum Gasteiger partial charge on any atom is 0.326 e. The Balaban J connectivity index is 2.01. The number of carboxylic acids is 1. The SMILES string of the molecule is CN(Cc1ccncc1)C(=O)N1CCCC1C(=O)O. The van der Waals surface area contributed by atoms with Crippen LogP contribution in [0.15, 0.2) is 24.5 Å². The van der Waals surface area contributed by atoms with E-state index in [0.29, 0.717) is 19.5 Å². The van der Waals surface area contributed by atoms with Crippen LogP contribution in [0.2, 0.25) is 0 Å². The summed E-state index contributed by atoms with van der Waals surface area (Å²) in [5, 5.41) is 9.08. The molecule has 0 radical (unpaired) electrons. The lowest BCUT2D eigenvalue weighted by molar-refractivity contribution is -0.141. The molecule has 102 valence electrons. The van der Waals surface area contributed by atoms with Gasteiger partial charge >= 0.3 is 12.0 Å². The first-order valence-electron chi connectivity index (χ1n) is 6.23. The van der Waals surface area contributed by atoms with Gasteiger partial charge < -0.3 is 14.9 Å². The van der Waals surface area contributed by atoms with E-state index in [1.807, 2.05) is 12.1 Å². The number of carbonyl (C=O) groups is 2. The van der Waals surface area contributed by atoms with Crippen LogP contribution in [0, 0.1) is 0 Å². The van der Waals surface area contributed by atoms with Crippen LogP contribution in [0.3, 0.4) is 0 Å². The first kappa shape index (κ1) is 13.3. The predicted molar refractivity (Wildman–Crippen MR) is 68.5 cm³/mol. The Bertz CT molecular complexity index is 463. The van der Waals surface area contributed by atoms with Crippen LogP contribution in [-0.2, 0) is 11.3 Å². The van der Waals surface area contributed by atoms with Crippen molar-refractivity contribution in [2.75, 3.05) is 13.6 Å². The van der Waals surface area contributed by atoms with Crippen molar-refractivity contribution in [3.8, 4) is 0 Å². The summed E-state index contributed by atoms with van der Waals surface area (Å²) in [6, 6.07) is 2.75. The summed E-state index contributed by atoms with van der Waals surface area (Å²) in [7, 11) is 1.68. The van der Waals surface area contributed by atoms with Crippen molar-refractivity contribution in [1.82, 2.24) is 14.8 Å². The number of aromatic nitrogens is 1. The van der Waals surface area contributed by atoms with Crippen LogP contribution >= 0.6 is 0 Å². The summed E-state index contributed by atoms with van der Waals surface area (Å²) in [5.41, 5.74) is 0.969. The molecule has 6 nitrogen and oxygen atoms in total. The molecule has 2 rings (SSSR count). The lowest BCUT2D eigenvalue weighted by atomic mass is 10.2. The maximum atomic E-state index is 12.2. The molecule has 1 N–H and O–H groups in total. The number of hydrogen-bond donors (Lipinski definition) is 1. The van der Waals surface area contributed by atoms with Crippen LogP contribution in [0.25, 0.3) is 0 Å². The fourth-order valence-corrected chi connectivity index (χ4v) is 2.30. The number of aliphatic carboxylic acids is 1. The van der Waals surface area contributed by atoms with Crippen molar-refractivity contribution in [1.29, 1.82) is 0 Å². The first-order valence-corrected chi connectivity index (χ1v) is 6.23. The number of pyridine rings is 1. The fourth-order valence-electron chi connectivity index (χ4n) is 2.30. The molecule has 6 heteroatoms. The molecule has 1 aliphatic heterocycles. The zero-order valence-electron chi connectivity index (χ0n) is 10.8. The van der Waals surface area contributed by atoms with Gasteiger partial charge in [-0.2, -0.15) is 0 Å². The van der Waals surface area contributed by atoms with Gasteiger partial charge in [-0.05, 0) is 30.5 Å². The Morgan fingerprint density at radius 2 is 2.16 bits per heavy atom. The first-order chi connectivity index (χ1) is 9.09. The predicted octanol–water partition coefficient (Wildman–Crippen LogP) is 1.18. The third-order valence-electron chi connectivity index (χ3n) is 3.28. The molecule has 1 aromatic rings. The van der Waals surface area contributed by atoms with E-state index in [0.717, 1.165) is 12.0 Å². The molecule has 1 aromatic heterocycles. The van der Waals surface area contributed by atoms with Crippen LogP contribution < -0.4 is 0 Å². The second-order valence-electron chi connectivity index (χ2n) is 4.68. The van der Waals surface area contributed by atoms with Crippen LogP contribution in [0.1, 0.15) is 18.4 Å². The largest absolute Gasteiger partial charge is 0.480 e. The van der Waals surface area contributed by atoms with E-state index in [1.165, 1.54) is 9.80 Å². The quantitative estimate of drug-likeness (QED) is 0.888. The van der Waals surface area contributed by atoms with E-state index in [-0.39, 0.29) is 6.03 Å². The molecular formula is C13H17N3O3. The molecule has 1 saturated heterocycles. The molecule has 0 saturated carbocycles. The molecule has 0 aromatic carbocycles. The van der Waals surface area contributed by atoms with E-state index >= 15 is 0 Å². The molecule has 0 spiro atoms. The summed E-state index contributed by atoms with van der Waals surface area (Å²) >= 11 is 0. The molecule has 0 bridgehead atoms. The zero-order valence-corrected chi connectivity index (χ0v) is 10.8. The number of carboxylic acid groups (broad SMARTS) is 1. The van der Waals surface area contributed by atoms with Gasteiger partial charge in [-0.25, -0.2) is 9.59 Å². The molecule has 2 heterocycles. The van der Waals surface area contributed by atoms with E-state index in [9.17, 15) is 9.59 Å². The van der Waals surface area contributed by atoms with Crippen molar-refractivity contribution in [3.05, 3.63) is 30.1 Å². The minimum absolute atomic E-state index is 0.235. The fraction of sp³-hybridized carbons (Fsp3) is 0.462. The van der Waals surface area contributed by atoms with Crippen molar-refractivity contribution in [2.24, 2.45) is 0 Å². The molecule has 1 unspecified atom stereocenters. The number of carbonyl (C=O) groups excluding carboxylic acids is 1. The third-order valence-corrected chi connectivity index (χ3v) is 3.28. The Morgan fingerprint density at radius 1 is 1.47 bits per heavy atom. The van der Waals surface area contributed by atoms with E-state index < -0.39 is 12.0 Å². The van der Waals surface area contributed by atoms with Crippen LogP contribution in [0.5, 0.6) is 0 Å². The van der Waals surface area contributed by atoms with Gasteiger partial charge in [-0.1, -0.05) is 0 Å². The molecule has 2 amide bonds. The Labute approximate surface area is 111 Å². The molecule has 19 heavy (non-hydrogen) atoms. The van der Waals surface area contributed by atoms with Gasteiger partial charge in [0, 0.05) is 32.5 Å². The van der Waals surface area contributed by atoms with Gasteiger partial charge in [0.1, 0.15) is 6.04 Å². The topological polar surface area (TPSA) is 73.7 Å². The van der Waals surface area contributed by atoms with Gasteiger partial charge in [0.25, 0.3) is 0 Å². The molecule has 1 atom stereocenters. The number of likely N-dealkylation sites (tertiary alicyclic amines) is 1. The second kappa shape index (κ2) is 5.69. The van der Waals surface area contributed by atoms with E-state index in [4.69, 9.17) is 5.11 Å². The van der Waals surface area contributed by atoms with Crippen LogP contribution in [-0.4, -0.2) is 51.5 Å². The number of nitrogens with zero attached hydrogens (tertiary/aromatic N) is 3. The summed E-state index contributed by atoms with van der Waals surface area (Å²) < 4.78 is 0. The highest BCUT2D eigenvalue weighted by molar-refractivity contribution is 5.83. The minimum Gasteiger partial charge on any atom is -0.480 e. The van der Waals surface area contributed by atoms with Crippen molar-refractivity contribution < 1.29 is 14.7 Å². The number of hydrogen-bond acceptors (Lipinski definition) is 3. The average molecular weight is 263 g/mol. The lowest BCUT2D eigenvalue weighted by Crippen LogP contribution is -2.46. The van der Waals surface area contributed by atoms with Crippen molar-refractivity contribution in [3.63, 3.8) is 0 Å². The smallest absolute Gasteiger partial charge is 0.326 e. The van der Waals surface area contributed by atoms with Gasteiger partial charge in [-0.15, -0.1) is 0 Å². The molecule has 1 aliphatic rings. The Morgan fingerprint density at radius 3 is 2.79 bits per heavy atom. The van der Waals surface area contributed by atoms with Gasteiger partial charge in [0.15, 0.2) is 0 Å². The highest BCUT2D eigenvalue weighted by atomic mass is 16.4. The molecule has 1 fully saturated rings. The summed E-state index contributed by atoms with van der Waals surface area (Å²) in [6.07, 6.45) is 4.61. The monoisotopic (exact) mass is 263 g/mol. The number of urea groups is 1. The minimum atomic E-state index is -0.928. The van der Waals surface area contributed by atoms with Gasteiger partial charge in [0.2, 0.25) is 0 Å². The van der Waals surface area contributed by atoms with E-state index in [1.54, 1.807) is 19.4 Å². The van der Waals surface area contributed by atoms with Crippen LogP contribution in [0.4, 0.5) is 4.79 Å². The standard InChI is InChI=1S/C13H17N3O3/c1-15(9-10-4-6-14-7-5-10)13(19)16-8-2-3-11(16)12(17)18/h4-7,11H,2-3,8-9H2,1H3,(H,17,18). The summed E-state index contributed by atoms with van der Waals surface area (Å²) in [6.45, 7) is 0.959. The lowest BCUT2D eigenvalue weighted by Gasteiger charge is -2.27. The Kier molecular flexibility index (Phi) is 3.99. The molecule has 0 aliphatic carbocycles. The van der Waals surface area contributed by atoms with Crippen molar-refractivity contribution >= 4 is 12.0 Å². The third kappa shape index (κ3) is 3.01. The van der Waals surface area contributed by atoms with Gasteiger partial charge in [-0.3, -0.25) is 4.98 Å². The number of rotatable bonds is 3. The van der Waals surface area contributed by atoms with E-state index in [2.05, 4.69) is 4.98 Å².